The summed E-state index contributed by atoms with van der Waals surface area (Å²) < 4.78 is 1.03. The number of halogens is 1. The van der Waals surface area contributed by atoms with Crippen molar-refractivity contribution >= 4 is 27.5 Å². The number of amides is 1. The second-order valence-corrected chi connectivity index (χ2v) is 8.76. The molecule has 1 atom stereocenters. The van der Waals surface area contributed by atoms with E-state index in [4.69, 9.17) is 0 Å². The van der Waals surface area contributed by atoms with Gasteiger partial charge in [-0.3, -0.25) is 4.79 Å². The van der Waals surface area contributed by atoms with Crippen molar-refractivity contribution in [2.45, 2.75) is 44.4 Å². The van der Waals surface area contributed by atoms with Crippen LogP contribution < -0.4 is 5.32 Å². The molecule has 110 valence electrons. The number of rotatable bonds is 1. The van der Waals surface area contributed by atoms with Crippen LogP contribution in [0.3, 0.4) is 0 Å². The molecule has 1 aromatic rings. The van der Waals surface area contributed by atoms with Gasteiger partial charge in [-0.05, 0) is 89.3 Å². The molecular formula is C18H20BrNO. The van der Waals surface area contributed by atoms with Crippen molar-refractivity contribution in [3.05, 3.63) is 28.2 Å². The van der Waals surface area contributed by atoms with E-state index in [-0.39, 0.29) is 17.2 Å². The van der Waals surface area contributed by atoms with Gasteiger partial charge in [-0.1, -0.05) is 12.1 Å². The first-order valence-electron chi connectivity index (χ1n) is 8.24. The Bertz CT molecular complexity index is 603. The highest BCUT2D eigenvalue weighted by Gasteiger charge is 2.57. The molecule has 4 fully saturated rings. The van der Waals surface area contributed by atoms with E-state index in [1.165, 1.54) is 44.1 Å². The monoisotopic (exact) mass is 345 g/mol. The van der Waals surface area contributed by atoms with E-state index in [1.807, 2.05) is 6.07 Å². The average Bonchev–Trinajstić information content (AvgIpc) is 2.75. The molecule has 1 amide bonds. The van der Waals surface area contributed by atoms with Crippen LogP contribution >= 0.6 is 15.9 Å². The van der Waals surface area contributed by atoms with E-state index in [9.17, 15) is 4.79 Å². The standard InChI is InChI=1S/C18H20BrNO/c19-14-3-1-2-13-15(17(21)20-16(13)14)18-7-10-4-11(8-18)6-12(5-10)9-18/h1-3,10-12,15H,4-9H2,(H,20,21). The smallest absolute Gasteiger partial charge is 0.232 e. The predicted molar refractivity (Wildman–Crippen MR) is 86.1 cm³/mol. The summed E-state index contributed by atoms with van der Waals surface area (Å²) in [7, 11) is 0. The van der Waals surface area contributed by atoms with Crippen molar-refractivity contribution in [3.63, 3.8) is 0 Å². The minimum absolute atomic E-state index is 0.0957. The molecule has 6 rings (SSSR count). The molecule has 21 heavy (non-hydrogen) atoms. The zero-order valence-corrected chi connectivity index (χ0v) is 13.7. The van der Waals surface area contributed by atoms with Crippen molar-refractivity contribution < 1.29 is 4.79 Å². The van der Waals surface area contributed by atoms with Crippen LogP contribution in [0.4, 0.5) is 5.69 Å². The van der Waals surface area contributed by atoms with E-state index in [0.29, 0.717) is 0 Å². The maximum atomic E-state index is 12.8. The lowest BCUT2D eigenvalue weighted by Crippen LogP contribution is -2.50. The van der Waals surface area contributed by atoms with E-state index >= 15 is 0 Å². The molecule has 3 heteroatoms. The molecule has 0 aromatic heterocycles. The molecule has 0 spiro atoms. The molecule has 0 saturated heterocycles. The van der Waals surface area contributed by atoms with E-state index < -0.39 is 0 Å². The van der Waals surface area contributed by atoms with Crippen molar-refractivity contribution in [1.29, 1.82) is 0 Å². The first-order valence-corrected chi connectivity index (χ1v) is 9.03. The summed E-state index contributed by atoms with van der Waals surface area (Å²) in [6.07, 6.45) is 8.13. The fourth-order valence-corrected chi connectivity index (χ4v) is 6.87. The minimum atomic E-state index is 0.0957. The van der Waals surface area contributed by atoms with Crippen LogP contribution in [0.2, 0.25) is 0 Å². The number of hydrogen-bond donors (Lipinski definition) is 1. The number of nitrogens with one attached hydrogen (secondary N) is 1. The number of anilines is 1. The summed E-state index contributed by atoms with van der Waals surface area (Å²) in [5, 5.41) is 3.15. The van der Waals surface area contributed by atoms with Gasteiger partial charge in [-0.2, -0.15) is 0 Å². The van der Waals surface area contributed by atoms with Gasteiger partial charge in [0.2, 0.25) is 5.91 Å². The Hall–Kier alpha value is -0.830. The normalized spacial score (nSPS) is 43.0. The third kappa shape index (κ3) is 1.67. The molecule has 4 saturated carbocycles. The molecule has 1 aromatic carbocycles. The Labute approximate surface area is 133 Å². The second-order valence-electron chi connectivity index (χ2n) is 7.91. The Morgan fingerprint density at radius 2 is 1.67 bits per heavy atom. The zero-order valence-electron chi connectivity index (χ0n) is 12.1. The number of hydrogen-bond acceptors (Lipinski definition) is 1. The van der Waals surface area contributed by atoms with Gasteiger partial charge in [-0.25, -0.2) is 0 Å². The summed E-state index contributed by atoms with van der Waals surface area (Å²) in [5.41, 5.74) is 2.53. The molecule has 1 aliphatic heterocycles. The fourth-order valence-electron chi connectivity index (χ4n) is 6.39. The van der Waals surface area contributed by atoms with E-state index in [2.05, 4.69) is 33.4 Å². The van der Waals surface area contributed by atoms with Crippen molar-refractivity contribution in [2.24, 2.45) is 23.2 Å². The summed E-state index contributed by atoms with van der Waals surface area (Å²) in [5.74, 6) is 3.01. The quantitative estimate of drug-likeness (QED) is 0.785. The van der Waals surface area contributed by atoms with Crippen LogP contribution in [-0.2, 0) is 4.79 Å². The van der Waals surface area contributed by atoms with Crippen molar-refractivity contribution in [2.75, 3.05) is 5.32 Å². The third-order valence-corrected chi connectivity index (χ3v) is 7.23. The van der Waals surface area contributed by atoms with Crippen LogP contribution in [0.25, 0.3) is 0 Å². The Morgan fingerprint density at radius 1 is 1.05 bits per heavy atom. The lowest BCUT2D eigenvalue weighted by atomic mass is 9.46. The number of para-hydroxylation sites is 1. The predicted octanol–water partition coefficient (Wildman–Crippen LogP) is 4.70. The SMILES string of the molecule is O=C1Nc2c(Br)cccc2C1C12CC3CC(CC(C3)C1)C2. The van der Waals surface area contributed by atoms with E-state index in [0.717, 1.165) is 27.9 Å². The molecule has 1 heterocycles. The number of fused-ring (bicyclic) bond motifs is 1. The zero-order chi connectivity index (χ0) is 14.2. The highest BCUT2D eigenvalue weighted by molar-refractivity contribution is 9.10. The first kappa shape index (κ1) is 12.7. The Kier molecular flexibility index (Phi) is 2.49. The van der Waals surface area contributed by atoms with Crippen LogP contribution in [0, 0.1) is 23.2 Å². The lowest BCUT2D eigenvalue weighted by Gasteiger charge is -2.58. The van der Waals surface area contributed by atoms with Crippen LogP contribution in [-0.4, -0.2) is 5.91 Å². The third-order valence-electron chi connectivity index (χ3n) is 6.57. The number of carbonyl (C=O) groups is 1. The van der Waals surface area contributed by atoms with Crippen molar-refractivity contribution in [1.82, 2.24) is 0 Å². The van der Waals surface area contributed by atoms with Gasteiger partial charge < -0.3 is 5.32 Å². The fraction of sp³-hybridized carbons (Fsp3) is 0.611. The Balaban J connectivity index is 1.62. The maximum Gasteiger partial charge on any atom is 0.232 e. The molecule has 2 nitrogen and oxygen atoms in total. The summed E-state index contributed by atoms with van der Waals surface area (Å²) in [4.78, 5) is 12.8. The summed E-state index contributed by atoms with van der Waals surface area (Å²) >= 11 is 3.60. The molecular weight excluding hydrogens is 326 g/mol. The molecule has 5 aliphatic rings. The van der Waals surface area contributed by atoms with Crippen molar-refractivity contribution in [3.8, 4) is 0 Å². The van der Waals surface area contributed by atoms with Gasteiger partial charge in [-0.15, -0.1) is 0 Å². The number of carbonyl (C=O) groups excluding carboxylic acids is 1. The second kappa shape index (κ2) is 4.13. The number of benzene rings is 1. The van der Waals surface area contributed by atoms with Gasteiger partial charge in [0.25, 0.3) is 0 Å². The maximum absolute atomic E-state index is 12.8. The van der Waals surface area contributed by atoms with Crippen LogP contribution in [0.1, 0.15) is 50.0 Å². The summed E-state index contributed by atoms with van der Waals surface area (Å²) in [6, 6.07) is 6.28. The average molecular weight is 346 g/mol. The molecule has 4 aliphatic carbocycles. The van der Waals surface area contributed by atoms with Gasteiger partial charge in [0.05, 0.1) is 11.6 Å². The molecule has 1 unspecified atom stereocenters. The highest BCUT2D eigenvalue weighted by Crippen LogP contribution is 2.66. The summed E-state index contributed by atoms with van der Waals surface area (Å²) in [6.45, 7) is 0. The first-order chi connectivity index (χ1) is 10.1. The van der Waals surface area contributed by atoms with Crippen LogP contribution in [0.15, 0.2) is 22.7 Å². The van der Waals surface area contributed by atoms with Gasteiger partial charge in [0.1, 0.15) is 0 Å². The van der Waals surface area contributed by atoms with Gasteiger partial charge in [0, 0.05) is 4.47 Å². The topological polar surface area (TPSA) is 29.1 Å². The molecule has 0 radical (unpaired) electrons. The van der Waals surface area contributed by atoms with E-state index in [1.54, 1.807) is 0 Å². The van der Waals surface area contributed by atoms with Crippen LogP contribution in [0.5, 0.6) is 0 Å². The molecule has 1 N–H and O–H groups in total. The largest absolute Gasteiger partial charge is 0.324 e. The lowest BCUT2D eigenvalue weighted by molar-refractivity contribution is -0.127. The minimum Gasteiger partial charge on any atom is -0.324 e. The van der Waals surface area contributed by atoms with Gasteiger partial charge >= 0.3 is 0 Å². The molecule has 4 bridgehead atoms. The Morgan fingerprint density at radius 3 is 2.29 bits per heavy atom. The highest BCUT2D eigenvalue weighted by atomic mass is 79.9. The van der Waals surface area contributed by atoms with Gasteiger partial charge in [0.15, 0.2) is 0 Å².